The first-order chi connectivity index (χ1) is 11.5. The third-order valence-electron chi connectivity index (χ3n) is 3.59. The highest BCUT2D eigenvalue weighted by Crippen LogP contribution is 2.27. The molecule has 0 aromatic heterocycles. The summed E-state index contributed by atoms with van der Waals surface area (Å²) in [6.07, 6.45) is 1.15. The van der Waals surface area contributed by atoms with E-state index in [0.717, 1.165) is 5.56 Å². The number of aryl methyl sites for hydroxylation is 1. The molecular weight excluding hydrogens is 344 g/mol. The summed E-state index contributed by atoms with van der Waals surface area (Å²) < 4.78 is 5.35. The number of carbonyl (C=O) groups excluding carboxylic acids is 2. The van der Waals surface area contributed by atoms with Gasteiger partial charge in [-0.15, -0.1) is 12.4 Å². The fourth-order valence-corrected chi connectivity index (χ4v) is 2.43. The van der Waals surface area contributed by atoms with Crippen LogP contribution in [0.5, 0.6) is 5.75 Å². The number of esters is 1. The molecule has 0 saturated carbocycles. The topological polar surface area (TPSA) is 117 Å². The van der Waals surface area contributed by atoms with Crippen LogP contribution in [-0.4, -0.2) is 17.8 Å². The van der Waals surface area contributed by atoms with Gasteiger partial charge in [0.1, 0.15) is 5.75 Å². The van der Waals surface area contributed by atoms with Crippen LogP contribution in [0.4, 0.5) is 11.4 Å². The maximum atomic E-state index is 12.2. The molecule has 0 atom stereocenters. The van der Waals surface area contributed by atoms with Gasteiger partial charge < -0.3 is 21.1 Å². The van der Waals surface area contributed by atoms with E-state index in [1.807, 2.05) is 6.07 Å². The van der Waals surface area contributed by atoms with Gasteiger partial charge in [0.15, 0.2) is 5.96 Å². The molecule has 25 heavy (non-hydrogen) atoms. The Hall–Kier alpha value is -3.06. The number of hydrogen-bond donors (Lipinski definition) is 4. The van der Waals surface area contributed by atoms with Gasteiger partial charge in [0, 0.05) is 23.9 Å². The summed E-state index contributed by atoms with van der Waals surface area (Å²) in [6.45, 7) is 0. The van der Waals surface area contributed by atoms with E-state index in [2.05, 4.69) is 10.6 Å². The summed E-state index contributed by atoms with van der Waals surface area (Å²) >= 11 is 0. The third-order valence-corrected chi connectivity index (χ3v) is 3.59. The Morgan fingerprint density at radius 2 is 1.88 bits per heavy atom. The average Bonchev–Trinajstić information content (AvgIpc) is 2.54. The number of fused-ring (bicyclic) bond motifs is 1. The van der Waals surface area contributed by atoms with Gasteiger partial charge in [-0.3, -0.25) is 10.2 Å². The van der Waals surface area contributed by atoms with Crippen LogP contribution in [0.15, 0.2) is 42.5 Å². The van der Waals surface area contributed by atoms with Gasteiger partial charge >= 0.3 is 5.97 Å². The number of ether oxygens (including phenoxy) is 1. The van der Waals surface area contributed by atoms with E-state index >= 15 is 0 Å². The van der Waals surface area contributed by atoms with E-state index in [4.69, 9.17) is 15.9 Å². The Bertz CT molecular complexity index is 821. The van der Waals surface area contributed by atoms with Crippen LogP contribution < -0.4 is 21.1 Å². The monoisotopic (exact) mass is 360 g/mol. The number of guanidine groups is 1. The van der Waals surface area contributed by atoms with Gasteiger partial charge in [-0.25, -0.2) is 4.79 Å². The number of hydrogen-bond acceptors (Lipinski definition) is 4. The van der Waals surface area contributed by atoms with E-state index in [1.54, 1.807) is 36.4 Å². The quantitative estimate of drug-likeness (QED) is 0.290. The van der Waals surface area contributed by atoms with E-state index in [1.165, 1.54) is 0 Å². The predicted molar refractivity (Wildman–Crippen MR) is 97.6 cm³/mol. The van der Waals surface area contributed by atoms with E-state index in [9.17, 15) is 9.59 Å². The molecule has 2 aromatic rings. The minimum atomic E-state index is -0.508. The molecule has 130 valence electrons. The molecule has 1 aliphatic rings. The van der Waals surface area contributed by atoms with Gasteiger partial charge in [0.05, 0.1) is 5.56 Å². The van der Waals surface area contributed by atoms with Gasteiger partial charge in [-0.05, 0) is 42.3 Å². The summed E-state index contributed by atoms with van der Waals surface area (Å²) in [5.41, 5.74) is 7.91. The number of benzene rings is 2. The predicted octanol–water partition coefficient (Wildman–Crippen LogP) is 2.52. The number of nitrogens with two attached hydrogens (primary N) is 1. The van der Waals surface area contributed by atoms with Crippen LogP contribution in [0.1, 0.15) is 22.3 Å². The zero-order valence-electron chi connectivity index (χ0n) is 13.2. The highest BCUT2D eigenvalue weighted by atomic mass is 35.5. The van der Waals surface area contributed by atoms with E-state index in [0.29, 0.717) is 35.5 Å². The zero-order valence-corrected chi connectivity index (χ0v) is 14.0. The molecule has 5 N–H and O–H groups in total. The summed E-state index contributed by atoms with van der Waals surface area (Å²) in [7, 11) is 0. The minimum absolute atomic E-state index is 0. The lowest BCUT2D eigenvalue weighted by molar-refractivity contribution is -0.116. The third kappa shape index (κ3) is 4.48. The maximum Gasteiger partial charge on any atom is 0.343 e. The molecule has 1 amide bonds. The van der Waals surface area contributed by atoms with Crippen molar-refractivity contribution in [1.82, 2.24) is 0 Å². The average molecular weight is 361 g/mol. The number of amides is 1. The second-order valence-corrected chi connectivity index (χ2v) is 5.37. The van der Waals surface area contributed by atoms with Crippen LogP contribution >= 0.6 is 12.4 Å². The molecule has 0 spiro atoms. The Labute approximate surface area is 150 Å². The largest absolute Gasteiger partial charge is 0.423 e. The van der Waals surface area contributed by atoms with E-state index < -0.39 is 5.97 Å². The number of anilines is 2. The summed E-state index contributed by atoms with van der Waals surface area (Å²) in [4.78, 5) is 23.6. The number of carbonyl (C=O) groups is 2. The Morgan fingerprint density at radius 1 is 1.16 bits per heavy atom. The lowest BCUT2D eigenvalue weighted by Gasteiger charge is -2.17. The molecule has 7 nitrogen and oxygen atoms in total. The Kier molecular flexibility index (Phi) is 5.61. The standard InChI is InChI=1S/C17H16N4O3.ClH/c18-17(19)20-12-5-1-11(2-6-12)16(23)24-13-7-3-10-4-8-15(22)21-14(10)9-13;/h1-3,5-7,9H,4,8H2,(H,21,22)(H4,18,19,20);1H. The van der Waals surface area contributed by atoms with Crippen molar-refractivity contribution in [3.8, 4) is 5.75 Å². The first kappa shape index (κ1) is 18.3. The van der Waals surface area contributed by atoms with Crippen molar-refractivity contribution >= 4 is 41.6 Å². The smallest absolute Gasteiger partial charge is 0.343 e. The van der Waals surface area contributed by atoms with Crippen molar-refractivity contribution < 1.29 is 14.3 Å². The molecule has 1 aliphatic heterocycles. The van der Waals surface area contributed by atoms with Crippen LogP contribution in [0.3, 0.4) is 0 Å². The van der Waals surface area contributed by atoms with Crippen LogP contribution in [0, 0.1) is 5.41 Å². The number of nitrogens with one attached hydrogen (secondary N) is 3. The Balaban J connectivity index is 0.00000225. The molecular formula is C17H17ClN4O3. The van der Waals surface area contributed by atoms with Gasteiger partial charge in [-0.2, -0.15) is 0 Å². The SMILES string of the molecule is Cl.N=C(N)Nc1ccc(C(=O)Oc2ccc3c(c2)NC(=O)CC3)cc1. The molecule has 0 bridgehead atoms. The van der Waals surface area contributed by atoms with Crippen LogP contribution in [-0.2, 0) is 11.2 Å². The van der Waals surface area contributed by atoms with E-state index in [-0.39, 0.29) is 24.3 Å². The number of halogens is 1. The maximum absolute atomic E-state index is 12.2. The van der Waals surface area contributed by atoms with Crippen LogP contribution in [0.2, 0.25) is 0 Å². The minimum Gasteiger partial charge on any atom is -0.423 e. The van der Waals surface area contributed by atoms with Crippen molar-refractivity contribution in [2.75, 3.05) is 10.6 Å². The molecule has 8 heteroatoms. The molecule has 0 fully saturated rings. The summed E-state index contributed by atoms with van der Waals surface area (Å²) in [5.74, 6) is -0.362. The first-order valence-corrected chi connectivity index (χ1v) is 7.37. The second kappa shape index (κ2) is 7.67. The van der Waals surface area contributed by atoms with Crippen molar-refractivity contribution in [3.05, 3.63) is 53.6 Å². The normalized spacial score (nSPS) is 12.2. The molecule has 0 aliphatic carbocycles. The zero-order chi connectivity index (χ0) is 17.1. The molecule has 2 aromatic carbocycles. The highest BCUT2D eigenvalue weighted by Gasteiger charge is 2.16. The van der Waals surface area contributed by atoms with Crippen LogP contribution in [0.25, 0.3) is 0 Å². The molecule has 0 radical (unpaired) electrons. The van der Waals surface area contributed by atoms with Gasteiger partial charge in [0.25, 0.3) is 0 Å². The van der Waals surface area contributed by atoms with Gasteiger partial charge in [0.2, 0.25) is 5.91 Å². The van der Waals surface area contributed by atoms with Crippen molar-refractivity contribution in [1.29, 1.82) is 5.41 Å². The van der Waals surface area contributed by atoms with Crippen molar-refractivity contribution in [3.63, 3.8) is 0 Å². The summed E-state index contributed by atoms with van der Waals surface area (Å²) in [5, 5.41) is 12.6. The first-order valence-electron chi connectivity index (χ1n) is 7.37. The lowest BCUT2D eigenvalue weighted by Crippen LogP contribution is -2.20. The highest BCUT2D eigenvalue weighted by molar-refractivity contribution is 5.95. The molecule has 1 heterocycles. The summed E-state index contributed by atoms with van der Waals surface area (Å²) in [6, 6.07) is 11.6. The van der Waals surface area contributed by atoms with Gasteiger partial charge in [-0.1, -0.05) is 6.07 Å². The fourth-order valence-electron chi connectivity index (χ4n) is 2.43. The Morgan fingerprint density at radius 3 is 2.56 bits per heavy atom. The molecule has 3 rings (SSSR count). The molecule has 0 saturated heterocycles. The second-order valence-electron chi connectivity index (χ2n) is 5.37. The fraction of sp³-hybridized carbons (Fsp3) is 0.118. The number of rotatable bonds is 3. The lowest BCUT2D eigenvalue weighted by atomic mass is 10.0. The molecule has 0 unspecified atom stereocenters. The van der Waals surface area contributed by atoms with Crippen molar-refractivity contribution in [2.45, 2.75) is 12.8 Å². The van der Waals surface area contributed by atoms with Crippen molar-refractivity contribution in [2.24, 2.45) is 5.73 Å².